The van der Waals surface area contributed by atoms with Gasteiger partial charge < -0.3 is 10.1 Å². The predicted molar refractivity (Wildman–Crippen MR) is 82.7 cm³/mol. The smallest absolute Gasteiger partial charge is 0.223 e. The molecule has 20 heavy (non-hydrogen) atoms. The van der Waals surface area contributed by atoms with Crippen LogP contribution < -0.4 is 5.32 Å². The molecule has 1 fully saturated rings. The molecule has 1 amide bonds. The molecule has 1 N–H and O–H groups in total. The van der Waals surface area contributed by atoms with E-state index >= 15 is 0 Å². The van der Waals surface area contributed by atoms with E-state index in [1.807, 2.05) is 6.92 Å². The van der Waals surface area contributed by atoms with Crippen molar-refractivity contribution in [3.05, 3.63) is 0 Å². The van der Waals surface area contributed by atoms with Gasteiger partial charge in [0.15, 0.2) is 0 Å². The van der Waals surface area contributed by atoms with E-state index in [0.717, 1.165) is 45.7 Å². The van der Waals surface area contributed by atoms with Crippen LogP contribution in [-0.4, -0.2) is 49.7 Å². The van der Waals surface area contributed by atoms with Crippen molar-refractivity contribution >= 4 is 5.91 Å². The van der Waals surface area contributed by atoms with E-state index < -0.39 is 0 Å². The predicted octanol–water partition coefficient (Wildman–Crippen LogP) is 2.29. The van der Waals surface area contributed by atoms with Gasteiger partial charge in [0.1, 0.15) is 0 Å². The maximum atomic E-state index is 12.3. The van der Waals surface area contributed by atoms with Gasteiger partial charge >= 0.3 is 0 Å². The van der Waals surface area contributed by atoms with Crippen LogP contribution in [0.1, 0.15) is 47.5 Å². The van der Waals surface area contributed by atoms with Crippen LogP contribution >= 0.6 is 0 Å². The lowest BCUT2D eigenvalue weighted by Crippen LogP contribution is -2.53. The normalized spacial score (nSPS) is 20.4. The number of rotatable bonds is 6. The van der Waals surface area contributed by atoms with Gasteiger partial charge in [-0.3, -0.25) is 9.69 Å². The fourth-order valence-electron chi connectivity index (χ4n) is 2.46. The number of hydrogen-bond acceptors (Lipinski definition) is 3. The first-order chi connectivity index (χ1) is 9.34. The number of morpholine rings is 1. The largest absolute Gasteiger partial charge is 0.379 e. The molecule has 1 saturated heterocycles. The highest BCUT2D eigenvalue weighted by Crippen LogP contribution is 2.21. The van der Waals surface area contributed by atoms with Crippen molar-refractivity contribution in [2.24, 2.45) is 11.3 Å². The highest BCUT2D eigenvalue weighted by molar-refractivity contribution is 5.78. The average Bonchev–Trinajstić information content (AvgIpc) is 2.38. The third kappa shape index (κ3) is 5.80. The SMILES string of the molecule is CCCC(C)C(=O)N[C@H](CN1CCOCC1)C(C)(C)C. The molecule has 1 aliphatic rings. The Kier molecular flexibility index (Phi) is 6.96. The van der Waals surface area contributed by atoms with Crippen LogP contribution in [0.25, 0.3) is 0 Å². The first-order valence-corrected chi connectivity index (χ1v) is 7.95. The van der Waals surface area contributed by atoms with Gasteiger partial charge in [0, 0.05) is 31.6 Å². The van der Waals surface area contributed by atoms with Crippen LogP contribution in [0.3, 0.4) is 0 Å². The zero-order valence-electron chi connectivity index (χ0n) is 13.9. The number of nitrogens with one attached hydrogen (secondary N) is 1. The highest BCUT2D eigenvalue weighted by Gasteiger charge is 2.29. The molecule has 0 radical (unpaired) electrons. The first-order valence-electron chi connectivity index (χ1n) is 7.95. The van der Waals surface area contributed by atoms with Crippen LogP contribution in [0, 0.1) is 11.3 Å². The molecular weight excluding hydrogens is 252 g/mol. The van der Waals surface area contributed by atoms with Gasteiger partial charge in [-0.05, 0) is 11.8 Å². The van der Waals surface area contributed by atoms with Crippen molar-refractivity contribution in [3.63, 3.8) is 0 Å². The Morgan fingerprint density at radius 3 is 2.40 bits per heavy atom. The molecule has 0 spiro atoms. The monoisotopic (exact) mass is 284 g/mol. The van der Waals surface area contributed by atoms with E-state index in [2.05, 4.69) is 37.9 Å². The van der Waals surface area contributed by atoms with Crippen LogP contribution in [-0.2, 0) is 9.53 Å². The summed E-state index contributed by atoms with van der Waals surface area (Å²) in [6.07, 6.45) is 2.01. The minimum atomic E-state index is 0.0693. The first kappa shape index (κ1) is 17.4. The molecule has 0 aromatic rings. The summed E-state index contributed by atoms with van der Waals surface area (Å²) >= 11 is 0. The number of carbonyl (C=O) groups is 1. The molecule has 1 heterocycles. The van der Waals surface area contributed by atoms with E-state index in [-0.39, 0.29) is 23.3 Å². The van der Waals surface area contributed by atoms with E-state index in [4.69, 9.17) is 4.74 Å². The number of nitrogens with zero attached hydrogens (tertiary/aromatic N) is 1. The van der Waals surface area contributed by atoms with Crippen LogP contribution in [0.4, 0.5) is 0 Å². The summed E-state index contributed by atoms with van der Waals surface area (Å²) in [4.78, 5) is 14.7. The zero-order chi connectivity index (χ0) is 15.2. The summed E-state index contributed by atoms with van der Waals surface area (Å²) in [6, 6.07) is 0.187. The summed E-state index contributed by atoms with van der Waals surface area (Å²) in [7, 11) is 0. The molecule has 0 aliphatic carbocycles. The van der Waals surface area contributed by atoms with Gasteiger partial charge in [-0.2, -0.15) is 0 Å². The minimum absolute atomic E-state index is 0.0693. The van der Waals surface area contributed by atoms with Gasteiger partial charge in [0.2, 0.25) is 5.91 Å². The number of amides is 1. The number of carbonyl (C=O) groups excluding carboxylic acids is 1. The molecule has 4 heteroatoms. The summed E-state index contributed by atoms with van der Waals surface area (Å²) in [5.41, 5.74) is 0.0693. The summed E-state index contributed by atoms with van der Waals surface area (Å²) < 4.78 is 5.39. The maximum absolute atomic E-state index is 12.3. The Hall–Kier alpha value is -0.610. The van der Waals surface area contributed by atoms with Gasteiger partial charge in [-0.1, -0.05) is 41.0 Å². The molecule has 1 aliphatic heterocycles. The molecule has 0 aromatic carbocycles. The Labute approximate surface area is 124 Å². The maximum Gasteiger partial charge on any atom is 0.223 e. The van der Waals surface area contributed by atoms with Gasteiger partial charge in [0.25, 0.3) is 0 Å². The van der Waals surface area contributed by atoms with Crippen molar-refractivity contribution in [3.8, 4) is 0 Å². The standard InChI is InChI=1S/C16H32N2O2/c1-6-7-13(2)15(19)17-14(16(3,4)5)12-18-8-10-20-11-9-18/h13-14H,6-12H2,1-5H3,(H,17,19)/t13?,14-/m1/s1. The highest BCUT2D eigenvalue weighted by atomic mass is 16.5. The Morgan fingerprint density at radius 2 is 1.90 bits per heavy atom. The van der Waals surface area contributed by atoms with E-state index in [9.17, 15) is 4.79 Å². The average molecular weight is 284 g/mol. The molecule has 1 unspecified atom stereocenters. The molecule has 2 atom stereocenters. The molecule has 0 aromatic heterocycles. The molecule has 0 bridgehead atoms. The summed E-state index contributed by atoms with van der Waals surface area (Å²) in [5, 5.41) is 3.27. The fourth-order valence-corrected chi connectivity index (χ4v) is 2.46. The van der Waals surface area contributed by atoms with E-state index in [0.29, 0.717) is 0 Å². The second-order valence-corrected chi connectivity index (χ2v) is 7.03. The van der Waals surface area contributed by atoms with Gasteiger partial charge in [-0.15, -0.1) is 0 Å². The second kappa shape index (κ2) is 7.99. The third-order valence-electron chi connectivity index (χ3n) is 4.08. The quantitative estimate of drug-likeness (QED) is 0.813. The Balaban J connectivity index is 2.57. The van der Waals surface area contributed by atoms with Crippen LogP contribution in [0.2, 0.25) is 0 Å². The van der Waals surface area contributed by atoms with Crippen molar-refractivity contribution in [2.45, 2.75) is 53.5 Å². The number of hydrogen-bond donors (Lipinski definition) is 1. The third-order valence-corrected chi connectivity index (χ3v) is 4.08. The van der Waals surface area contributed by atoms with Crippen LogP contribution in [0.5, 0.6) is 0 Å². The topological polar surface area (TPSA) is 41.6 Å². The van der Waals surface area contributed by atoms with Gasteiger partial charge in [-0.25, -0.2) is 0 Å². The summed E-state index contributed by atoms with van der Waals surface area (Å²) in [5.74, 6) is 0.301. The zero-order valence-corrected chi connectivity index (χ0v) is 13.9. The van der Waals surface area contributed by atoms with Crippen molar-refractivity contribution in [1.82, 2.24) is 10.2 Å². The lowest BCUT2D eigenvalue weighted by molar-refractivity contribution is -0.126. The lowest BCUT2D eigenvalue weighted by Gasteiger charge is -2.37. The summed E-state index contributed by atoms with van der Waals surface area (Å²) in [6.45, 7) is 15.2. The fraction of sp³-hybridized carbons (Fsp3) is 0.938. The Bertz CT molecular complexity index is 293. The molecule has 4 nitrogen and oxygen atoms in total. The van der Waals surface area contributed by atoms with E-state index in [1.54, 1.807) is 0 Å². The molecule has 1 rings (SSSR count). The number of ether oxygens (including phenoxy) is 1. The van der Waals surface area contributed by atoms with Crippen molar-refractivity contribution < 1.29 is 9.53 Å². The van der Waals surface area contributed by atoms with Crippen molar-refractivity contribution in [1.29, 1.82) is 0 Å². The minimum Gasteiger partial charge on any atom is -0.379 e. The second-order valence-electron chi connectivity index (χ2n) is 7.03. The lowest BCUT2D eigenvalue weighted by atomic mass is 9.85. The molecule has 118 valence electrons. The molecular formula is C16H32N2O2. The van der Waals surface area contributed by atoms with Gasteiger partial charge in [0.05, 0.1) is 13.2 Å². The molecule has 0 saturated carbocycles. The Morgan fingerprint density at radius 1 is 1.30 bits per heavy atom. The van der Waals surface area contributed by atoms with Crippen molar-refractivity contribution in [2.75, 3.05) is 32.8 Å². The van der Waals surface area contributed by atoms with Crippen LogP contribution in [0.15, 0.2) is 0 Å². The van der Waals surface area contributed by atoms with E-state index in [1.165, 1.54) is 0 Å².